The van der Waals surface area contributed by atoms with E-state index in [0.29, 0.717) is 38.6 Å². The Morgan fingerprint density at radius 1 is 1.23 bits per heavy atom. The second-order valence-electron chi connectivity index (χ2n) is 8.48. The fourth-order valence-corrected chi connectivity index (χ4v) is 4.56. The highest BCUT2D eigenvalue weighted by atomic mass is 16.5. The molecule has 2 aromatic rings. The fraction of sp³-hybridized carbons (Fsp3) is 0.458. The zero-order valence-electron chi connectivity index (χ0n) is 17.9. The molecule has 3 heterocycles. The minimum absolute atomic E-state index is 0.00591. The van der Waals surface area contributed by atoms with Gasteiger partial charge in [-0.3, -0.25) is 14.6 Å². The molecule has 2 aliphatic heterocycles. The molecule has 1 spiro atoms. The third-order valence-electron chi connectivity index (χ3n) is 6.37. The van der Waals surface area contributed by atoms with Gasteiger partial charge in [0.15, 0.2) is 6.61 Å². The normalized spacial score (nSPS) is 19.9. The van der Waals surface area contributed by atoms with Gasteiger partial charge in [0.25, 0.3) is 5.91 Å². The van der Waals surface area contributed by atoms with E-state index in [0.717, 1.165) is 24.0 Å². The molecule has 0 saturated carbocycles. The molecule has 7 heteroatoms. The molecule has 1 atom stereocenters. The number of ether oxygens (including phenoxy) is 2. The molecule has 164 valence electrons. The lowest BCUT2D eigenvalue weighted by molar-refractivity contribution is -0.133. The first-order valence-electron chi connectivity index (χ1n) is 10.8. The highest BCUT2D eigenvalue weighted by Gasteiger charge is 2.51. The van der Waals surface area contributed by atoms with E-state index in [2.05, 4.69) is 10.3 Å². The molecule has 2 saturated heterocycles. The lowest BCUT2D eigenvalue weighted by atomic mass is 9.71. The van der Waals surface area contributed by atoms with Crippen LogP contribution < -0.4 is 10.1 Å². The van der Waals surface area contributed by atoms with Crippen LogP contribution in [0.4, 0.5) is 0 Å². The summed E-state index contributed by atoms with van der Waals surface area (Å²) in [5.74, 6) is 0.339. The number of hydrogen-bond acceptors (Lipinski definition) is 5. The Bertz CT molecular complexity index is 912. The summed E-state index contributed by atoms with van der Waals surface area (Å²) in [6.45, 7) is 4.64. The number of nitrogens with one attached hydrogen (secondary N) is 1. The van der Waals surface area contributed by atoms with Gasteiger partial charge >= 0.3 is 0 Å². The van der Waals surface area contributed by atoms with Gasteiger partial charge in [-0.2, -0.15) is 0 Å². The number of pyridine rings is 1. The second kappa shape index (κ2) is 9.47. The summed E-state index contributed by atoms with van der Waals surface area (Å²) in [5, 5.41) is 3.06. The van der Waals surface area contributed by atoms with Crippen LogP contribution in [0.5, 0.6) is 5.75 Å². The predicted molar refractivity (Wildman–Crippen MR) is 115 cm³/mol. The number of hydrogen-bond donors (Lipinski definition) is 1. The lowest BCUT2D eigenvalue weighted by Crippen LogP contribution is -2.44. The number of nitrogens with zero attached hydrogens (tertiary/aromatic N) is 2. The Kier molecular flexibility index (Phi) is 6.51. The number of rotatable bonds is 6. The molecule has 1 N–H and O–H groups in total. The van der Waals surface area contributed by atoms with Crippen molar-refractivity contribution in [3.63, 3.8) is 0 Å². The molecule has 4 rings (SSSR count). The van der Waals surface area contributed by atoms with Crippen molar-refractivity contribution in [3.8, 4) is 5.75 Å². The largest absolute Gasteiger partial charge is 0.484 e. The van der Waals surface area contributed by atoms with Crippen LogP contribution in [0.1, 0.15) is 24.0 Å². The van der Waals surface area contributed by atoms with Crippen LogP contribution in [0.3, 0.4) is 0 Å². The van der Waals surface area contributed by atoms with E-state index in [9.17, 15) is 9.59 Å². The highest BCUT2D eigenvalue weighted by molar-refractivity contribution is 5.83. The minimum Gasteiger partial charge on any atom is -0.484 e. The van der Waals surface area contributed by atoms with Crippen LogP contribution in [0, 0.1) is 18.3 Å². The van der Waals surface area contributed by atoms with Crippen molar-refractivity contribution in [2.45, 2.75) is 26.3 Å². The molecule has 2 fully saturated rings. The maximum absolute atomic E-state index is 13.1. The Morgan fingerprint density at radius 2 is 2.00 bits per heavy atom. The maximum atomic E-state index is 13.1. The number of carbonyl (C=O) groups excluding carboxylic acids is 2. The Hall–Kier alpha value is -2.93. The van der Waals surface area contributed by atoms with Crippen molar-refractivity contribution in [1.29, 1.82) is 0 Å². The van der Waals surface area contributed by atoms with Gasteiger partial charge in [0, 0.05) is 50.7 Å². The van der Waals surface area contributed by atoms with Gasteiger partial charge in [0.1, 0.15) is 5.75 Å². The summed E-state index contributed by atoms with van der Waals surface area (Å²) in [6, 6.07) is 11.4. The van der Waals surface area contributed by atoms with Crippen LogP contribution >= 0.6 is 0 Å². The molecule has 0 radical (unpaired) electrons. The van der Waals surface area contributed by atoms with Crippen LogP contribution in [0.25, 0.3) is 0 Å². The monoisotopic (exact) mass is 423 g/mol. The van der Waals surface area contributed by atoms with Crippen LogP contribution in [-0.2, 0) is 20.9 Å². The number of amides is 2. The Morgan fingerprint density at radius 3 is 2.74 bits per heavy atom. The first-order valence-corrected chi connectivity index (χ1v) is 10.8. The number of aromatic nitrogens is 1. The van der Waals surface area contributed by atoms with Crippen LogP contribution in [0.15, 0.2) is 48.8 Å². The number of carbonyl (C=O) groups is 2. The van der Waals surface area contributed by atoms with Crippen LogP contribution in [0.2, 0.25) is 0 Å². The van der Waals surface area contributed by atoms with Crippen molar-refractivity contribution >= 4 is 11.8 Å². The summed E-state index contributed by atoms with van der Waals surface area (Å²) in [5.41, 5.74) is 1.85. The second-order valence-corrected chi connectivity index (χ2v) is 8.48. The number of aryl methyl sites for hydroxylation is 1. The van der Waals surface area contributed by atoms with Crippen molar-refractivity contribution in [1.82, 2.24) is 15.2 Å². The molecule has 0 bridgehead atoms. The average molecular weight is 424 g/mol. The maximum Gasteiger partial charge on any atom is 0.260 e. The van der Waals surface area contributed by atoms with Gasteiger partial charge < -0.3 is 19.7 Å². The summed E-state index contributed by atoms with van der Waals surface area (Å²) < 4.78 is 11.3. The molecule has 0 aliphatic carbocycles. The van der Waals surface area contributed by atoms with Crippen molar-refractivity contribution < 1.29 is 19.1 Å². The fourth-order valence-electron chi connectivity index (χ4n) is 4.56. The van der Waals surface area contributed by atoms with E-state index >= 15 is 0 Å². The van der Waals surface area contributed by atoms with E-state index in [1.807, 2.05) is 43.3 Å². The smallest absolute Gasteiger partial charge is 0.260 e. The van der Waals surface area contributed by atoms with E-state index in [-0.39, 0.29) is 29.8 Å². The van der Waals surface area contributed by atoms with Gasteiger partial charge in [-0.25, -0.2) is 0 Å². The molecule has 2 aliphatic rings. The molecule has 1 aromatic carbocycles. The van der Waals surface area contributed by atoms with Gasteiger partial charge in [-0.15, -0.1) is 0 Å². The standard InChI is InChI=1S/C24H29N3O4/c1-18-3-2-4-20(13-18)31-16-22(28)27-15-21(24(17-27)7-11-30-12-8-24)23(29)26-14-19-5-9-25-10-6-19/h2-6,9-10,13,21H,7-8,11-12,14-17H2,1H3,(H,26,29). The van der Waals surface area contributed by atoms with Gasteiger partial charge in [-0.1, -0.05) is 12.1 Å². The topological polar surface area (TPSA) is 80.8 Å². The van der Waals surface area contributed by atoms with Gasteiger partial charge in [0.05, 0.1) is 5.92 Å². The Labute approximate surface area is 182 Å². The van der Waals surface area contributed by atoms with Crippen molar-refractivity contribution in [2.75, 3.05) is 32.9 Å². The third-order valence-corrected chi connectivity index (χ3v) is 6.37. The van der Waals surface area contributed by atoms with Crippen LogP contribution in [-0.4, -0.2) is 54.6 Å². The first kappa shape index (κ1) is 21.3. The summed E-state index contributed by atoms with van der Waals surface area (Å²) in [4.78, 5) is 31.8. The van der Waals surface area contributed by atoms with E-state index < -0.39 is 0 Å². The summed E-state index contributed by atoms with van der Waals surface area (Å²) in [7, 11) is 0. The highest BCUT2D eigenvalue weighted by Crippen LogP contribution is 2.44. The summed E-state index contributed by atoms with van der Waals surface area (Å²) in [6.07, 6.45) is 4.99. The first-order chi connectivity index (χ1) is 15.1. The molecular formula is C24H29N3O4. The molecule has 31 heavy (non-hydrogen) atoms. The van der Waals surface area contributed by atoms with E-state index in [1.165, 1.54) is 0 Å². The van der Waals surface area contributed by atoms with E-state index in [4.69, 9.17) is 9.47 Å². The molecule has 7 nitrogen and oxygen atoms in total. The van der Waals surface area contributed by atoms with Gasteiger partial charge in [-0.05, 0) is 55.2 Å². The number of benzene rings is 1. The average Bonchev–Trinajstić information content (AvgIpc) is 3.15. The number of likely N-dealkylation sites (tertiary alicyclic amines) is 1. The molecule has 1 unspecified atom stereocenters. The van der Waals surface area contributed by atoms with E-state index in [1.54, 1.807) is 17.3 Å². The van der Waals surface area contributed by atoms with Gasteiger partial charge in [0.2, 0.25) is 5.91 Å². The predicted octanol–water partition coefficient (Wildman–Crippen LogP) is 2.34. The third kappa shape index (κ3) is 5.05. The zero-order chi connectivity index (χ0) is 21.7. The van der Waals surface area contributed by atoms with Crippen molar-refractivity contribution in [3.05, 3.63) is 59.9 Å². The zero-order valence-corrected chi connectivity index (χ0v) is 17.9. The lowest BCUT2D eigenvalue weighted by Gasteiger charge is -2.37. The molecular weight excluding hydrogens is 394 g/mol. The molecule has 2 amide bonds. The molecule has 1 aromatic heterocycles. The van der Waals surface area contributed by atoms with Crippen molar-refractivity contribution in [2.24, 2.45) is 11.3 Å². The Balaban J connectivity index is 1.41. The minimum atomic E-state index is -0.249. The quantitative estimate of drug-likeness (QED) is 0.771. The summed E-state index contributed by atoms with van der Waals surface area (Å²) >= 11 is 0. The SMILES string of the molecule is Cc1cccc(OCC(=O)N2CC(C(=O)NCc3ccncc3)C3(CCOCC3)C2)c1.